The standard InChI is InChI=1S/C23H21N3O/c27-22(18-9-14-24-15-10-18)26-23(11-4-1-5-12-23)13-8-20-17-25-16-19-6-2-3-7-21(19)20/h2-3,6-7,9-10,14-17H,1,4-5,11-12H2,(H,26,27). The predicted octanol–water partition coefficient (Wildman–Crippen LogP) is 4.11. The van der Waals surface area contributed by atoms with Gasteiger partial charge in [-0.2, -0.15) is 0 Å². The third-order valence-corrected chi connectivity index (χ3v) is 5.11. The zero-order valence-corrected chi connectivity index (χ0v) is 15.1. The van der Waals surface area contributed by atoms with Gasteiger partial charge in [0.2, 0.25) is 0 Å². The van der Waals surface area contributed by atoms with E-state index < -0.39 is 5.54 Å². The summed E-state index contributed by atoms with van der Waals surface area (Å²) in [6.45, 7) is 0. The monoisotopic (exact) mass is 355 g/mol. The Kier molecular flexibility index (Phi) is 4.84. The van der Waals surface area contributed by atoms with E-state index >= 15 is 0 Å². The largest absolute Gasteiger partial charge is 0.336 e. The van der Waals surface area contributed by atoms with Crippen LogP contribution in [-0.4, -0.2) is 21.4 Å². The summed E-state index contributed by atoms with van der Waals surface area (Å²) in [6.07, 6.45) is 12.0. The first-order valence-electron chi connectivity index (χ1n) is 9.34. The molecule has 0 atom stereocenters. The highest BCUT2D eigenvalue weighted by atomic mass is 16.1. The molecular weight excluding hydrogens is 334 g/mol. The maximum atomic E-state index is 12.7. The van der Waals surface area contributed by atoms with Crippen LogP contribution in [0.4, 0.5) is 0 Å². The van der Waals surface area contributed by atoms with Crippen molar-refractivity contribution < 1.29 is 4.79 Å². The molecule has 1 aliphatic rings. The molecule has 0 unspecified atom stereocenters. The van der Waals surface area contributed by atoms with Crippen molar-refractivity contribution in [1.82, 2.24) is 15.3 Å². The molecule has 1 amide bonds. The maximum Gasteiger partial charge on any atom is 0.252 e. The lowest BCUT2D eigenvalue weighted by Gasteiger charge is -2.33. The van der Waals surface area contributed by atoms with Gasteiger partial charge >= 0.3 is 0 Å². The van der Waals surface area contributed by atoms with Gasteiger partial charge in [-0.3, -0.25) is 14.8 Å². The average molecular weight is 355 g/mol. The molecule has 2 heterocycles. The van der Waals surface area contributed by atoms with E-state index in [1.807, 2.05) is 24.4 Å². The van der Waals surface area contributed by atoms with Crippen LogP contribution in [-0.2, 0) is 0 Å². The molecule has 1 fully saturated rings. The van der Waals surface area contributed by atoms with E-state index in [-0.39, 0.29) is 5.91 Å². The fourth-order valence-corrected chi connectivity index (χ4v) is 3.63. The number of aromatic nitrogens is 2. The molecule has 1 aliphatic carbocycles. The van der Waals surface area contributed by atoms with E-state index in [2.05, 4.69) is 33.2 Å². The number of nitrogens with zero attached hydrogens (tertiary/aromatic N) is 2. The van der Waals surface area contributed by atoms with Gasteiger partial charge in [-0.15, -0.1) is 0 Å². The third kappa shape index (κ3) is 3.83. The van der Waals surface area contributed by atoms with Gasteiger partial charge in [0, 0.05) is 41.1 Å². The Morgan fingerprint density at radius 3 is 2.56 bits per heavy atom. The van der Waals surface area contributed by atoms with E-state index in [1.165, 1.54) is 6.42 Å². The van der Waals surface area contributed by atoms with Crippen molar-refractivity contribution >= 4 is 16.7 Å². The summed E-state index contributed by atoms with van der Waals surface area (Å²) in [4.78, 5) is 21.0. The molecule has 3 aromatic rings. The lowest BCUT2D eigenvalue weighted by atomic mass is 9.81. The SMILES string of the molecule is O=C(NC1(C#Cc2cncc3ccccc23)CCCCC1)c1ccncc1. The summed E-state index contributed by atoms with van der Waals surface area (Å²) < 4.78 is 0. The van der Waals surface area contributed by atoms with E-state index in [0.29, 0.717) is 5.56 Å². The van der Waals surface area contributed by atoms with Crippen LogP contribution < -0.4 is 5.32 Å². The number of carbonyl (C=O) groups excluding carboxylic acids is 1. The quantitative estimate of drug-likeness (QED) is 0.704. The van der Waals surface area contributed by atoms with Crippen molar-refractivity contribution in [3.63, 3.8) is 0 Å². The summed E-state index contributed by atoms with van der Waals surface area (Å²) in [5.74, 6) is 6.63. The van der Waals surface area contributed by atoms with E-state index in [1.54, 1.807) is 30.7 Å². The van der Waals surface area contributed by atoms with E-state index in [4.69, 9.17) is 0 Å². The molecule has 0 radical (unpaired) electrons. The smallest absolute Gasteiger partial charge is 0.252 e. The van der Waals surface area contributed by atoms with Crippen LogP contribution >= 0.6 is 0 Å². The highest BCUT2D eigenvalue weighted by molar-refractivity contribution is 5.95. The molecule has 2 aromatic heterocycles. The molecule has 4 heteroatoms. The topological polar surface area (TPSA) is 54.9 Å². The van der Waals surface area contributed by atoms with Crippen LogP contribution in [0.3, 0.4) is 0 Å². The average Bonchev–Trinajstić information content (AvgIpc) is 2.73. The summed E-state index contributed by atoms with van der Waals surface area (Å²) in [5.41, 5.74) is 1.02. The second-order valence-electron chi connectivity index (χ2n) is 6.99. The van der Waals surface area contributed by atoms with Crippen molar-refractivity contribution in [3.8, 4) is 11.8 Å². The van der Waals surface area contributed by atoms with Crippen LogP contribution in [0.5, 0.6) is 0 Å². The first-order chi connectivity index (χ1) is 13.3. The first kappa shape index (κ1) is 17.2. The minimum atomic E-state index is -0.491. The van der Waals surface area contributed by atoms with Crippen LogP contribution in [0.2, 0.25) is 0 Å². The van der Waals surface area contributed by atoms with Crippen LogP contribution in [0.15, 0.2) is 61.2 Å². The molecule has 0 saturated heterocycles. The molecule has 1 aromatic carbocycles. The second-order valence-corrected chi connectivity index (χ2v) is 6.99. The Labute approximate surface area is 159 Å². The highest BCUT2D eigenvalue weighted by Crippen LogP contribution is 2.28. The van der Waals surface area contributed by atoms with E-state index in [9.17, 15) is 4.79 Å². The Balaban J connectivity index is 1.67. The summed E-state index contributed by atoms with van der Waals surface area (Å²) in [7, 11) is 0. The number of carbonyl (C=O) groups is 1. The summed E-state index contributed by atoms with van der Waals surface area (Å²) in [5, 5.41) is 5.37. The molecular formula is C23H21N3O. The fraction of sp³-hybridized carbons (Fsp3) is 0.261. The van der Waals surface area contributed by atoms with Crippen molar-refractivity contribution in [2.45, 2.75) is 37.6 Å². The summed E-state index contributed by atoms with van der Waals surface area (Å²) in [6, 6.07) is 11.6. The molecule has 0 aliphatic heterocycles. The lowest BCUT2D eigenvalue weighted by molar-refractivity contribution is 0.0903. The number of amides is 1. The van der Waals surface area contributed by atoms with Crippen molar-refractivity contribution in [3.05, 3.63) is 72.3 Å². The molecule has 27 heavy (non-hydrogen) atoms. The van der Waals surface area contributed by atoms with Gasteiger partial charge in [0.25, 0.3) is 5.91 Å². The number of rotatable bonds is 2. The number of hydrogen-bond acceptors (Lipinski definition) is 3. The van der Waals surface area contributed by atoms with Crippen molar-refractivity contribution in [2.24, 2.45) is 0 Å². The molecule has 4 rings (SSSR count). The Bertz CT molecular complexity index is 1010. The zero-order chi connectivity index (χ0) is 18.5. The minimum Gasteiger partial charge on any atom is -0.336 e. The number of nitrogens with one attached hydrogen (secondary N) is 1. The Hall–Kier alpha value is -3.19. The van der Waals surface area contributed by atoms with Gasteiger partial charge in [0.1, 0.15) is 5.54 Å². The Morgan fingerprint density at radius 2 is 1.74 bits per heavy atom. The van der Waals surface area contributed by atoms with E-state index in [0.717, 1.165) is 42.0 Å². The highest BCUT2D eigenvalue weighted by Gasteiger charge is 2.32. The second kappa shape index (κ2) is 7.59. The van der Waals surface area contributed by atoms with Gasteiger partial charge in [-0.1, -0.05) is 55.4 Å². The number of hydrogen-bond donors (Lipinski definition) is 1. The maximum absolute atomic E-state index is 12.7. The lowest BCUT2D eigenvalue weighted by Crippen LogP contribution is -2.48. The molecule has 1 saturated carbocycles. The van der Waals surface area contributed by atoms with Crippen LogP contribution in [0.1, 0.15) is 48.0 Å². The molecule has 1 N–H and O–H groups in total. The number of fused-ring (bicyclic) bond motifs is 1. The fourth-order valence-electron chi connectivity index (χ4n) is 3.63. The first-order valence-corrected chi connectivity index (χ1v) is 9.34. The van der Waals surface area contributed by atoms with Crippen LogP contribution in [0, 0.1) is 11.8 Å². The van der Waals surface area contributed by atoms with Gasteiger partial charge < -0.3 is 5.32 Å². The van der Waals surface area contributed by atoms with Gasteiger partial charge in [0.15, 0.2) is 0 Å². The Morgan fingerprint density at radius 1 is 0.963 bits per heavy atom. The minimum absolute atomic E-state index is 0.0929. The molecule has 0 spiro atoms. The van der Waals surface area contributed by atoms with Gasteiger partial charge in [0.05, 0.1) is 5.56 Å². The summed E-state index contributed by atoms with van der Waals surface area (Å²) >= 11 is 0. The van der Waals surface area contributed by atoms with Gasteiger partial charge in [-0.05, 0) is 25.0 Å². The number of benzene rings is 1. The molecule has 0 bridgehead atoms. The third-order valence-electron chi connectivity index (χ3n) is 5.11. The normalized spacial score (nSPS) is 15.6. The number of pyridine rings is 2. The van der Waals surface area contributed by atoms with Crippen LogP contribution in [0.25, 0.3) is 10.8 Å². The zero-order valence-electron chi connectivity index (χ0n) is 15.1. The van der Waals surface area contributed by atoms with Gasteiger partial charge in [-0.25, -0.2) is 0 Å². The van der Waals surface area contributed by atoms with Crippen molar-refractivity contribution in [2.75, 3.05) is 0 Å². The predicted molar refractivity (Wildman–Crippen MR) is 106 cm³/mol. The molecule has 134 valence electrons. The molecule has 4 nitrogen and oxygen atoms in total. The van der Waals surface area contributed by atoms with Crippen molar-refractivity contribution in [1.29, 1.82) is 0 Å².